The molecule has 2 aromatic carbocycles. The Morgan fingerprint density at radius 1 is 0.667 bits per heavy atom. The minimum atomic E-state index is -0.334. The Balaban J connectivity index is 1.65. The maximum absolute atomic E-state index is 14.3. The van der Waals surface area contributed by atoms with E-state index in [2.05, 4.69) is 9.47 Å². The highest BCUT2D eigenvalue weighted by molar-refractivity contribution is 6.39. The first kappa shape index (κ1) is 24.4. The number of amides is 4. The van der Waals surface area contributed by atoms with Gasteiger partial charge in [0.15, 0.2) is 0 Å². The van der Waals surface area contributed by atoms with Crippen LogP contribution in [0.4, 0.5) is 5.82 Å². The third-order valence-corrected chi connectivity index (χ3v) is 9.08. The van der Waals surface area contributed by atoms with E-state index in [0.717, 1.165) is 93.3 Å². The molecule has 0 atom stereocenters. The van der Waals surface area contributed by atoms with E-state index in [-0.39, 0.29) is 23.6 Å². The van der Waals surface area contributed by atoms with Gasteiger partial charge in [-0.05, 0) is 50.7 Å². The highest BCUT2D eigenvalue weighted by Crippen LogP contribution is 2.49. The number of anilines is 1. The third kappa shape index (κ3) is 3.17. The predicted octanol–water partition coefficient (Wildman–Crippen LogP) is 5.13. The quantitative estimate of drug-likeness (QED) is 0.416. The summed E-state index contributed by atoms with van der Waals surface area (Å²) in [4.78, 5) is 61.2. The van der Waals surface area contributed by atoms with Crippen molar-refractivity contribution in [2.75, 3.05) is 31.1 Å². The molecule has 0 saturated heterocycles. The minimum absolute atomic E-state index is 0.294. The van der Waals surface area contributed by atoms with E-state index in [1.54, 1.807) is 12.1 Å². The molecule has 4 aliphatic heterocycles. The number of benzene rings is 2. The average molecular weight is 527 g/mol. The average Bonchev–Trinajstić information content (AvgIpc) is 3.10. The van der Waals surface area contributed by atoms with Gasteiger partial charge in [-0.3, -0.25) is 29.0 Å². The van der Waals surface area contributed by atoms with Gasteiger partial charge in [0, 0.05) is 65.6 Å². The van der Waals surface area contributed by atoms with Crippen LogP contribution in [0.25, 0.3) is 21.7 Å². The Bertz CT molecular complexity index is 1620. The fourth-order valence-corrected chi connectivity index (χ4v) is 7.28. The van der Waals surface area contributed by atoms with Gasteiger partial charge < -0.3 is 9.47 Å². The van der Waals surface area contributed by atoms with E-state index >= 15 is 0 Å². The van der Waals surface area contributed by atoms with E-state index in [9.17, 15) is 19.2 Å². The maximum Gasteiger partial charge on any atom is 0.263 e. The second-order valence-electron chi connectivity index (χ2n) is 11.4. The van der Waals surface area contributed by atoms with Crippen molar-refractivity contribution in [2.45, 2.75) is 71.8 Å². The molecule has 7 rings (SSSR count). The molecule has 39 heavy (non-hydrogen) atoms. The van der Waals surface area contributed by atoms with Crippen molar-refractivity contribution >= 4 is 51.1 Å². The summed E-state index contributed by atoms with van der Waals surface area (Å²) in [5.74, 6) is -0.140. The van der Waals surface area contributed by atoms with Crippen molar-refractivity contribution < 1.29 is 19.2 Å². The molecule has 0 aliphatic carbocycles. The lowest BCUT2D eigenvalue weighted by atomic mass is 9.82. The molecule has 0 spiro atoms. The number of aromatic nitrogens is 1. The Kier molecular flexibility index (Phi) is 5.58. The smallest absolute Gasteiger partial charge is 0.263 e. The number of unbranched alkanes of at least 4 members (excludes halogenated alkanes) is 2. The second kappa shape index (κ2) is 8.93. The van der Waals surface area contributed by atoms with Crippen LogP contribution in [0.15, 0.2) is 12.1 Å². The van der Waals surface area contributed by atoms with Gasteiger partial charge >= 0.3 is 0 Å². The molecule has 1 aromatic heterocycles. The molecule has 4 aliphatic rings. The van der Waals surface area contributed by atoms with Gasteiger partial charge in [-0.15, -0.1) is 0 Å². The summed E-state index contributed by atoms with van der Waals surface area (Å²) in [6.45, 7) is 7.47. The van der Waals surface area contributed by atoms with Gasteiger partial charge in [0.05, 0.1) is 16.6 Å². The normalized spacial score (nSPS) is 18.5. The van der Waals surface area contributed by atoms with Crippen molar-refractivity contribution in [3.8, 4) is 0 Å². The van der Waals surface area contributed by atoms with Gasteiger partial charge in [0.1, 0.15) is 5.82 Å². The minimum Gasteiger partial charge on any atom is -0.358 e. The van der Waals surface area contributed by atoms with Crippen molar-refractivity contribution in [3.05, 3.63) is 39.9 Å². The van der Waals surface area contributed by atoms with Gasteiger partial charge in [0.25, 0.3) is 23.6 Å². The summed E-state index contributed by atoms with van der Waals surface area (Å²) in [6, 6.07) is 3.41. The zero-order valence-electron chi connectivity index (χ0n) is 22.8. The van der Waals surface area contributed by atoms with Crippen LogP contribution < -0.4 is 4.90 Å². The number of aryl methyl sites for hydroxylation is 2. The number of rotatable bonds is 6. The van der Waals surface area contributed by atoms with Gasteiger partial charge in [0.2, 0.25) is 0 Å². The van der Waals surface area contributed by atoms with Gasteiger partial charge in [-0.25, -0.2) is 0 Å². The van der Waals surface area contributed by atoms with Crippen LogP contribution in [0.2, 0.25) is 0 Å². The second-order valence-corrected chi connectivity index (χ2v) is 11.4. The molecule has 0 saturated carbocycles. The molecule has 8 heteroatoms. The van der Waals surface area contributed by atoms with Gasteiger partial charge in [-0.2, -0.15) is 0 Å². The van der Waals surface area contributed by atoms with Crippen molar-refractivity contribution in [2.24, 2.45) is 0 Å². The maximum atomic E-state index is 14.3. The highest BCUT2D eigenvalue weighted by Gasteiger charge is 2.44. The Hall–Kier alpha value is -3.68. The van der Waals surface area contributed by atoms with E-state index in [0.29, 0.717) is 46.1 Å². The SMILES string of the molecule is CCCCN1C(=O)c2ccc3c4c(c5c(c6c7n5CCCN7CCCC6)c(c24)C1=O)C(=O)N(CCCC)C3=O. The molecule has 0 unspecified atom stereocenters. The lowest BCUT2D eigenvalue weighted by Gasteiger charge is -2.34. The van der Waals surface area contributed by atoms with E-state index in [1.165, 1.54) is 9.80 Å². The molecule has 0 bridgehead atoms. The molecule has 0 N–H and O–H groups in total. The molecule has 3 aromatic rings. The number of hydrogen-bond acceptors (Lipinski definition) is 5. The first-order valence-corrected chi connectivity index (χ1v) is 14.6. The topological polar surface area (TPSA) is 82.9 Å². The molecule has 0 radical (unpaired) electrons. The van der Waals surface area contributed by atoms with Crippen LogP contribution in [0.1, 0.15) is 106 Å². The lowest BCUT2D eigenvalue weighted by molar-refractivity contribution is 0.0588. The fraction of sp³-hybridized carbons (Fsp3) is 0.484. The molecule has 8 nitrogen and oxygen atoms in total. The summed E-state index contributed by atoms with van der Waals surface area (Å²) < 4.78 is 2.26. The van der Waals surface area contributed by atoms with Crippen LogP contribution in [-0.4, -0.2) is 64.2 Å². The highest BCUT2D eigenvalue weighted by atomic mass is 16.2. The van der Waals surface area contributed by atoms with E-state index in [1.807, 2.05) is 13.8 Å². The monoisotopic (exact) mass is 526 g/mol. The van der Waals surface area contributed by atoms with Crippen LogP contribution in [0.3, 0.4) is 0 Å². The summed E-state index contributed by atoms with van der Waals surface area (Å²) in [5.41, 5.74) is 3.75. The zero-order valence-corrected chi connectivity index (χ0v) is 22.8. The van der Waals surface area contributed by atoms with Gasteiger partial charge in [-0.1, -0.05) is 26.7 Å². The van der Waals surface area contributed by atoms with Crippen LogP contribution in [0.5, 0.6) is 0 Å². The largest absolute Gasteiger partial charge is 0.358 e. The zero-order chi connectivity index (χ0) is 27.0. The summed E-state index contributed by atoms with van der Waals surface area (Å²) >= 11 is 0. The molecular weight excluding hydrogens is 492 g/mol. The first-order chi connectivity index (χ1) is 19.0. The summed E-state index contributed by atoms with van der Waals surface area (Å²) in [6.07, 6.45) is 7.05. The van der Waals surface area contributed by atoms with Crippen molar-refractivity contribution in [3.63, 3.8) is 0 Å². The van der Waals surface area contributed by atoms with E-state index < -0.39 is 0 Å². The Morgan fingerprint density at radius 2 is 1.26 bits per heavy atom. The van der Waals surface area contributed by atoms with E-state index in [4.69, 9.17) is 0 Å². The first-order valence-electron chi connectivity index (χ1n) is 14.6. The third-order valence-electron chi connectivity index (χ3n) is 9.08. The fourth-order valence-electron chi connectivity index (χ4n) is 7.28. The standard InChI is InChI=1S/C31H34N4O4/c1-3-5-15-34-28(36)19-11-12-20-22-21(19)24(30(34)38)23-18-10-7-8-13-32-14-9-17-33(27(18)32)26(23)25(22)31(39)35(29(20)37)16-6-4-2/h11-12H,3-10,13-17H2,1-2H3. The molecule has 202 valence electrons. The number of carbonyl (C=O) groups is 4. The van der Waals surface area contributed by atoms with Crippen LogP contribution in [-0.2, 0) is 13.0 Å². The summed E-state index contributed by atoms with van der Waals surface area (Å²) in [5, 5.41) is 1.83. The van der Waals surface area contributed by atoms with Crippen molar-refractivity contribution in [1.82, 2.24) is 14.4 Å². The molecule has 5 heterocycles. The number of hydrogen-bond donors (Lipinski definition) is 0. The Morgan fingerprint density at radius 3 is 1.90 bits per heavy atom. The molecule has 0 fully saturated rings. The number of carbonyl (C=O) groups excluding carboxylic acids is 4. The lowest BCUT2D eigenvalue weighted by Crippen LogP contribution is -2.44. The molecule has 4 amide bonds. The predicted molar refractivity (Wildman–Crippen MR) is 150 cm³/mol. The van der Waals surface area contributed by atoms with Crippen LogP contribution >= 0.6 is 0 Å². The number of nitrogens with zero attached hydrogens (tertiary/aromatic N) is 4. The molecular formula is C31H34N4O4. The number of imide groups is 2. The summed E-state index contributed by atoms with van der Waals surface area (Å²) in [7, 11) is 0. The van der Waals surface area contributed by atoms with Crippen LogP contribution in [0, 0.1) is 0 Å². The Labute approximate surface area is 227 Å². The number of fused-ring (bicyclic) bond motifs is 5. The van der Waals surface area contributed by atoms with Crippen molar-refractivity contribution in [1.29, 1.82) is 0 Å².